The second-order valence-corrected chi connectivity index (χ2v) is 11.9. The first-order valence-electron chi connectivity index (χ1n) is 10.6. The van der Waals surface area contributed by atoms with E-state index < -0.39 is 9.84 Å². The van der Waals surface area contributed by atoms with Gasteiger partial charge in [0.1, 0.15) is 0 Å². The molecule has 5 nitrogen and oxygen atoms in total. The number of aryl methyl sites for hydroxylation is 1. The summed E-state index contributed by atoms with van der Waals surface area (Å²) in [5.74, 6) is -0.125. The Morgan fingerprint density at radius 3 is 2.53 bits per heavy atom. The zero-order valence-corrected chi connectivity index (χ0v) is 21.0. The first kappa shape index (κ1) is 22.8. The standard InChI is InChI=1S/C26H21ClN2O3S2/c1-16-3-8-25(22(27)9-16)34(31,32)15-17-10-19(13-28-12-17)24-7-6-23(33-24)18-4-5-21-20(11-18)14-29(2)26(21)30/h3-13H,14-15H2,1-2H3. The van der Waals surface area contributed by atoms with E-state index in [2.05, 4.69) is 11.1 Å². The number of carbonyl (C=O) groups is 1. The van der Waals surface area contributed by atoms with Crippen molar-refractivity contribution in [2.75, 3.05) is 7.05 Å². The Bertz CT molecular complexity index is 1540. The molecule has 8 heteroatoms. The van der Waals surface area contributed by atoms with Gasteiger partial charge >= 0.3 is 0 Å². The Kier molecular flexibility index (Phi) is 5.80. The molecule has 0 bridgehead atoms. The van der Waals surface area contributed by atoms with Crippen LogP contribution in [0.5, 0.6) is 0 Å². The van der Waals surface area contributed by atoms with Crippen LogP contribution in [-0.4, -0.2) is 31.3 Å². The highest BCUT2D eigenvalue weighted by molar-refractivity contribution is 7.90. The number of nitrogens with zero attached hydrogens (tertiary/aromatic N) is 2. The maximum Gasteiger partial charge on any atom is 0.254 e. The number of hydrogen-bond donors (Lipinski definition) is 0. The number of carbonyl (C=O) groups excluding carboxylic acids is 1. The SMILES string of the molecule is Cc1ccc(S(=O)(=O)Cc2cncc(-c3ccc(-c4ccc5c(c4)CN(C)C5=O)s3)c2)c(Cl)c1. The Morgan fingerprint density at radius 1 is 1.00 bits per heavy atom. The fraction of sp³-hybridized carbons (Fsp3) is 0.154. The summed E-state index contributed by atoms with van der Waals surface area (Å²) in [6.45, 7) is 2.48. The van der Waals surface area contributed by atoms with Crippen LogP contribution in [0.3, 0.4) is 0 Å². The zero-order chi connectivity index (χ0) is 24.0. The molecule has 0 saturated heterocycles. The average molecular weight is 509 g/mol. The van der Waals surface area contributed by atoms with E-state index in [9.17, 15) is 13.2 Å². The second kappa shape index (κ2) is 8.65. The minimum absolute atomic E-state index is 0.0539. The van der Waals surface area contributed by atoms with E-state index in [0.29, 0.717) is 12.1 Å². The van der Waals surface area contributed by atoms with Crippen LogP contribution in [0.2, 0.25) is 5.02 Å². The van der Waals surface area contributed by atoms with Crippen molar-refractivity contribution in [3.63, 3.8) is 0 Å². The molecule has 34 heavy (non-hydrogen) atoms. The van der Waals surface area contributed by atoms with Gasteiger partial charge in [0.2, 0.25) is 0 Å². The van der Waals surface area contributed by atoms with Gasteiger partial charge in [-0.25, -0.2) is 8.42 Å². The van der Waals surface area contributed by atoms with Gasteiger partial charge in [-0.05, 0) is 71.6 Å². The van der Waals surface area contributed by atoms with Gasteiger partial charge in [0.25, 0.3) is 5.91 Å². The molecule has 1 aliphatic rings. The zero-order valence-electron chi connectivity index (χ0n) is 18.6. The van der Waals surface area contributed by atoms with Crippen molar-refractivity contribution in [3.05, 3.63) is 94.3 Å². The highest BCUT2D eigenvalue weighted by Gasteiger charge is 2.24. The maximum absolute atomic E-state index is 13.0. The Hall–Kier alpha value is -3.00. The molecular weight excluding hydrogens is 488 g/mol. The molecule has 5 rings (SSSR count). The third-order valence-corrected chi connectivity index (χ3v) is 9.19. The number of fused-ring (bicyclic) bond motifs is 1. The van der Waals surface area contributed by atoms with Crippen LogP contribution >= 0.6 is 22.9 Å². The van der Waals surface area contributed by atoms with Gasteiger partial charge in [-0.15, -0.1) is 11.3 Å². The van der Waals surface area contributed by atoms with Gasteiger partial charge in [0, 0.05) is 46.9 Å². The van der Waals surface area contributed by atoms with E-state index >= 15 is 0 Å². The highest BCUT2D eigenvalue weighted by atomic mass is 35.5. The summed E-state index contributed by atoms with van der Waals surface area (Å²) in [6.07, 6.45) is 3.31. The number of rotatable bonds is 5. The van der Waals surface area contributed by atoms with E-state index in [-0.39, 0.29) is 21.6 Å². The molecule has 0 fully saturated rings. The molecule has 0 atom stereocenters. The minimum atomic E-state index is -3.61. The first-order valence-corrected chi connectivity index (χ1v) is 13.5. The summed E-state index contributed by atoms with van der Waals surface area (Å²) in [5.41, 5.74) is 5.21. The van der Waals surface area contributed by atoms with E-state index in [0.717, 1.165) is 37.6 Å². The Morgan fingerprint density at radius 2 is 1.76 bits per heavy atom. The highest BCUT2D eigenvalue weighted by Crippen LogP contribution is 2.36. The number of pyridine rings is 1. The molecule has 0 N–H and O–H groups in total. The van der Waals surface area contributed by atoms with Crippen molar-refractivity contribution in [2.45, 2.75) is 24.1 Å². The summed E-state index contributed by atoms with van der Waals surface area (Å²) in [6, 6.07) is 16.8. The molecule has 0 radical (unpaired) electrons. The number of amides is 1. The van der Waals surface area contributed by atoms with Crippen LogP contribution in [0.15, 0.2) is 71.9 Å². The predicted molar refractivity (Wildman–Crippen MR) is 136 cm³/mol. The number of aromatic nitrogens is 1. The maximum atomic E-state index is 13.0. The molecule has 172 valence electrons. The van der Waals surface area contributed by atoms with Gasteiger partial charge in [0.05, 0.1) is 15.7 Å². The van der Waals surface area contributed by atoms with Gasteiger partial charge in [-0.1, -0.05) is 23.7 Å². The summed E-state index contributed by atoms with van der Waals surface area (Å²) in [7, 11) is -1.81. The predicted octanol–water partition coefficient (Wildman–Crippen LogP) is 6.00. The lowest BCUT2D eigenvalue weighted by molar-refractivity contribution is 0.0816. The molecule has 4 aromatic rings. The number of hydrogen-bond acceptors (Lipinski definition) is 5. The van der Waals surface area contributed by atoms with Crippen LogP contribution in [0.25, 0.3) is 20.9 Å². The van der Waals surface area contributed by atoms with Gasteiger partial charge in [0.15, 0.2) is 9.84 Å². The van der Waals surface area contributed by atoms with Crippen molar-refractivity contribution in [1.82, 2.24) is 9.88 Å². The third kappa shape index (κ3) is 4.27. The fourth-order valence-corrected chi connectivity index (χ4v) is 7.08. The van der Waals surface area contributed by atoms with Gasteiger partial charge < -0.3 is 4.90 Å². The molecule has 2 aromatic heterocycles. The summed E-state index contributed by atoms with van der Waals surface area (Å²) < 4.78 is 25.9. The largest absolute Gasteiger partial charge is 0.337 e. The van der Waals surface area contributed by atoms with Crippen molar-refractivity contribution < 1.29 is 13.2 Å². The summed E-state index contributed by atoms with van der Waals surface area (Å²) >= 11 is 7.81. The molecule has 0 saturated carbocycles. The molecule has 3 heterocycles. The van der Waals surface area contributed by atoms with Gasteiger partial charge in [-0.3, -0.25) is 9.78 Å². The molecule has 0 aliphatic carbocycles. The quantitative estimate of drug-likeness (QED) is 0.331. The van der Waals surface area contributed by atoms with Crippen molar-refractivity contribution >= 4 is 38.7 Å². The van der Waals surface area contributed by atoms with Crippen molar-refractivity contribution in [2.24, 2.45) is 0 Å². The summed E-state index contributed by atoms with van der Waals surface area (Å²) in [5, 5.41) is 0.231. The van der Waals surface area contributed by atoms with Crippen LogP contribution in [0.1, 0.15) is 27.0 Å². The average Bonchev–Trinajstić information content (AvgIpc) is 3.38. The normalized spacial score (nSPS) is 13.4. The van der Waals surface area contributed by atoms with Crippen LogP contribution in [0.4, 0.5) is 0 Å². The number of thiophene rings is 1. The van der Waals surface area contributed by atoms with Crippen molar-refractivity contribution in [1.29, 1.82) is 0 Å². The monoisotopic (exact) mass is 508 g/mol. The van der Waals surface area contributed by atoms with Crippen LogP contribution in [-0.2, 0) is 22.1 Å². The van der Waals surface area contributed by atoms with E-state index in [1.165, 1.54) is 0 Å². The number of benzene rings is 2. The number of sulfone groups is 1. The van der Waals surface area contributed by atoms with Crippen molar-refractivity contribution in [3.8, 4) is 20.9 Å². The topological polar surface area (TPSA) is 67.3 Å². The first-order chi connectivity index (χ1) is 16.2. The Balaban J connectivity index is 1.41. The molecular formula is C26H21ClN2O3S2. The molecule has 1 amide bonds. The number of halogens is 1. The lowest BCUT2D eigenvalue weighted by atomic mass is 10.1. The molecule has 1 aliphatic heterocycles. The van der Waals surface area contributed by atoms with E-state index in [1.54, 1.807) is 53.9 Å². The van der Waals surface area contributed by atoms with E-state index in [4.69, 9.17) is 11.6 Å². The second-order valence-electron chi connectivity index (χ2n) is 8.47. The van der Waals surface area contributed by atoms with Crippen LogP contribution < -0.4 is 0 Å². The lowest BCUT2D eigenvalue weighted by Gasteiger charge is -2.08. The molecule has 0 unspecified atom stereocenters. The lowest BCUT2D eigenvalue weighted by Crippen LogP contribution is -2.17. The smallest absolute Gasteiger partial charge is 0.254 e. The fourth-order valence-electron chi connectivity index (χ4n) is 4.12. The Labute approximate surface area is 207 Å². The molecule has 2 aromatic carbocycles. The third-order valence-electron chi connectivity index (χ3n) is 5.84. The molecule has 0 spiro atoms. The van der Waals surface area contributed by atoms with E-state index in [1.807, 2.05) is 37.3 Å². The minimum Gasteiger partial charge on any atom is -0.337 e. The summed E-state index contributed by atoms with van der Waals surface area (Å²) in [4.78, 5) is 20.4. The van der Waals surface area contributed by atoms with Gasteiger partial charge in [-0.2, -0.15) is 0 Å². The van der Waals surface area contributed by atoms with Crippen LogP contribution in [0, 0.1) is 6.92 Å².